The van der Waals surface area contributed by atoms with Gasteiger partial charge in [0.2, 0.25) is 0 Å². The summed E-state index contributed by atoms with van der Waals surface area (Å²) in [6, 6.07) is 14.7. The van der Waals surface area contributed by atoms with Crippen molar-refractivity contribution in [1.82, 2.24) is 0 Å². The van der Waals surface area contributed by atoms with Crippen LogP contribution in [0.2, 0.25) is 0 Å². The molecule has 0 fully saturated rings. The molecule has 0 aliphatic heterocycles. The molecular weight excluding hydrogens is 363 g/mol. The third kappa shape index (κ3) is 7.07. The summed E-state index contributed by atoms with van der Waals surface area (Å²) >= 11 is 0. The minimum Gasteiger partial charge on any atom is -1.00 e. The summed E-state index contributed by atoms with van der Waals surface area (Å²) in [7, 11) is -3.74. The molecule has 2 aromatic rings. The SMILES string of the molecule is CCCCc1ccc(P(=O)([O-])c2ccc(CCCC)cc2)cc1.[Cl-].[Mg+2]. The molecule has 0 unspecified atom stereocenters. The average molecular weight is 389 g/mol. The zero-order valence-electron chi connectivity index (χ0n) is 15.2. The van der Waals surface area contributed by atoms with E-state index >= 15 is 0 Å². The summed E-state index contributed by atoms with van der Waals surface area (Å²) in [6.07, 6.45) is 6.57. The van der Waals surface area contributed by atoms with Crippen LogP contribution in [0.5, 0.6) is 0 Å². The fraction of sp³-hybridized carbons (Fsp3) is 0.400. The minimum absolute atomic E-state index is 0. The Bertz CT molecular complexity index is 601. The van der Waals surface area contributed by atoms with Crippen LogP contribution in [0.25, 0.3) is 0 Å². The Labute approximate surface area is 174 Å². The molecule has 25 heavy (non-hydrogen) atoms. The molecule has 5 heteroatoms. The predicted octanol–water partition coefficient (Wildman–Crippen LogP) is 0.584. The Kier molecular flexibility index (Phi) is 12.0. The summed E-state index contributed by atoms with van der Waals surface area (Å²) in [5, 5.41) is 0.804. The second-order valence-corrected chi connectivity index (χ2v) is 8.23. The second-order valence-electron chi connectivity index (χ2n) is 6.09. The maximum absolute atomic E-state index is 12.7. The molecule has 0 aromatic heterocycles. The molecule has 2 rings (SSSR count). The van der Waals surface area contributed by atoms with Gasteiger partial charge < -0.3 is 21.9 Å². The van der Waals surface area contributed by atoms with Crippen molar-refractivity contribution in [2.45, 2.75) is 52.4 Å². The third-order valence-corrected chi connectivity index (χ3v) is 6.15. The molecular formula is C20H26ClMgO2P. The smallest absolute Gasteiger partial charge is 1.00 e. The van der Waals surface area contributed by atoms with E-state index in [1.807, 2.05) is 24.3 Å². The molecule has 0 heterocycles. The van der Waals surface area contributed by atoms with Crippen LogP contribution in [0.15, 0.2) is 48.5 Å². The van der Waals surface area contributed by atoms with Gasteiger partial charge in [0.1, 0.15) is 0 Å². The van der Waals surface area contributed by atoms with Crippen LogP contribution >= 0.6 is 7.37 Å². The molecule has 0 spiro atoms. The average Bonchev–Trinajstić information content (AvgIpc) is 2.59. The van der Waals surface area contributed by atoms with Gasteiger partial charge in [0.15, 0.2) is 0 Å². The first-order chi connectivity index (χ1) is 11.1. The fourth-order valence-electron chi connectivity index (χ4n) is 2.63. The topological polar surface area (TPSA) is 40.1 Å². The van der Waals surface area contributed by atoms with Gasteiger partial charge in [-0.2, -0.15) is 0 Å². The van der Waals surface area contributed by atoms with Crippen LogP contribution < -0.4 is 27.9 Å². The number of halogens is 1. The van der Waals surface area contributed by atoms with E-state index in [-0.39, 0.29) is 35.5 Å². The number of hydrogen-bond acceptors (Lipinski definition) is 2. The molecule has 0 atom stereocenters. The van der Waals surface area contributed by atoms with E-state index in [1.165, 1.54) is 11.1 Å². The van der Waals surface area contributed by atoms with Crippen LogP contribution in [-0.4, -0.2) is 23.1 Å². The molecule has 0 N–H and O–H groups in total. The van der Waals surface area contributed by atoms with Crippen LogP contribution in [-0.2, 0) is 17.4 Å². The first-order valence-electron chi connectivity index (χ1n) is 8.58. The van der Waals surface area contributed by atoms with Gasteiger partial charge in [0.25, 0.3) is 0 Å². The molecule has 2 aromatic carbocycles. The van der Waals surface area contributed by atoms with Gasteiger partial charge in [0.05, 0.1) is 7.37 Å². The maximum atomic E-state index is 12.7. The van der Waals surface area contributed by atoms with Crippen molar-refractivity contribution >= 4 is 41.0 Å². The molecule has 0 radical (unpaired) electrons. The van der Waals surface area contributed by atoms with E-state index in [0.717, 1.165) is 38.5 Å². The van der Waals surface area contributed by atoms with Crippen LogP contribution in [0.4, 0.5) is 0 Å². The number of unbranched alkanes of at least 4 members (excludes halogenated alkanes) is 2. The zero-order valence-corrected chi connectivity index (χ0v) is 18.3. The van der Waals surface area contributed by atoms with E-state index in [0.29, 0.717) is 10.6 Å². The Morgan fingerprint density at radius 1 is 0.760 bits per heavy atom. The molecule has 2 nitrogen and oxygen atoms in total. The van der Waals surface area contributed by atoms with Crippen LogP contribution in [0.1, 0.15) is 50.7 Å². The number of benzene rings is 2. The number of hydrogen-bond donors (Lipinski definition) is 0. The van der Waals surface area contributed by atoms with E-state index in [2.05, 4.69) is 13.8 Å². The van der Waals surface area contributed by atoms with Gasteiger partial charge >= 0.3 is 23.1 Å². The summed E-state index contributed by atoms with van der Waals surface area (Å²) in [6.45, 7) is 4.31. The van der Waals surface area contributed by atoms with Crippen molar-refractivity contribution in [3.63, 3.8) is 0 Å². The van der Waals surface area contributed by atoms with Crippen molar-refractivity contribution in [2.75, 3.05) is 0 Å². The largest absolute Gasteiger partial charge is 2.00 e. The van der Waals surface area contributed by atoms with Crippen molar-refractivity contribution < 1.29 is 21.9 Å². The van der Waals surface area contributed by atoms with Gasteiger partial charge in [-0.15, -0.1) is 0 Å². The molecule has 0 aliphatic rings. The second kappa shape index (κ2) is 12.1. The molecule has 0 aliphatic carbocycles. The summed E-state index contributed by atoms with van der Waals surface area (Å²) in [4.78, 5) is 12.7. The Morgan fingerprint density at radius 3 is 1.36 bits per heavy atom. The summed E-state index contributed by atoms with van der Waals surface area (Å²) in [5.74, 6) is 0. The number of aryl methyl sites for hydroxylation is 2. The summed E-state index contributed by atoms with van der Waals surface area (Å²) in [5.41, 5.74) is 2.40. The maximum Gasteiger partial charge on any atom is 2.00 e. The van der Waals surface area contributed by atoms with Crippen LogP contribution in [0.3, 0.4) is 0 Å². The molecule has 0 bridgehead atoms. The fourth-order valence-corrected chi connectivity index (χ4v) is 4.01. The third-order valence-electron chi connectivity index (χ3n) is 4.19. The minimum atomic E-state index is -3.74. The first-order valence-corrected chi connectivity index (χ1v) is 10.2. The molecule has 132 valence electrons. The molecule has 0 amide bonds. The van der Waals surface area contributed by atoms with Gasteiger partial charge in [-0.25, -0.2) is 0 Å². The standard InChI is InChI=1S/C20H27O2P.ClH.Mg/c1-3-5-7-17-9-13-19(14-10-17)23(21,22)20-15-11-18(12-16-20)8-6-4-2;;/h9-16H,3-8H2,1-2H3,(H,21,22);1H;/q;;+2/p-2. The number of rotatable bonds is 8. The normalized spacial score (nSPS) is 10.7. The van der Waals surface area contributed by atoms with Crippen molar-refractivity contribution in [1.29, 1.82) is 0 Å². The van der Waals surface area contributed by atoms with Crippen molar-refractivity contribution in [3.8, 4) is 0 Å². The quantitative estimate of drug-likeness (QED) is 0.490. The Hall–Kier alpha value is -0.314. The van der Waals surface area contributed by atoms with E-state index < -0.39 is 7.37 Å². The zero-order chi connectivity index (χ0) is 16.7. The monoisotopic (exact) mass is 388 g/mol. The van der Waals surface area contributed by atoms with Crippen molar-refractivity contribution in [3.05, 3.63) is 59.7 Å². The van der Waals surface area contributed by atoms with Gasteiger partial charge in [-0.3, -0.25) is 0 Å². The molecule has 0 saturated carbocycles. The Balaban J connectivity index is 0.00000288. The predicted molar refractivity (Wildman–Crippen MR) is 103 cm³/mol. The van der Waals surface area contributed by atoms with Crippen LogP contribution in [0, 0.1) is 0 Å². The van der Waals surface area contributed by atoms with E-state index in [4.69, 9.17) is 0 Å². The van der Waals surface area contributed by atoms with Crippen molar-refractivity contribution in [2.24, 2.45) is 0 Å². The van der Waals surface area contributed by atoms with E-state index in [9.17, 15) is 9.46 Å². The first kappa shape index (κ1) is 24.7. The van der Waals surface area contributed by atoms with E-state index in [1.54, 1.807) is 24.3 Å². The van der Waals surface area contributed by atoms with Gasteiger partial charge in [-0.05, 0) is 36.8 Å². The summed E-state index contributed by atoms with van der Waals surface area (Å²) < 4.78 is 12.7. The Morgan fingerprint density at radius 2 is 1.08 bits per heavy atom. The molecule has 0 saturated heterocycles. The van der Waals surface area contributed by atoms with Gasteiger partial charge in [0, 0.05) is 10.6 Å². The van der Waals surface area contributed by atoms with Gasteiger partial charge in [-0.1, -0.05) is 75.2 Å².